The number of hydrogen-bond acceptors (Lipinski definition) is 3. The van der Waals surface area contributed by atoms with Crippen molar-refractivity contribution in [1.82, 2.24) is 0 Å². The van der Waals surface area contributed by atoms with Crippen LogP contribution in [0.4, 0.5) is 10.1 Å². The molecule has 0 aliphatic carbocycles. The van der Waals surface area contributed by atoms with Gasteiger partial charge in [-0.2, -0.15) is 0 Å². The lowest BCUT2D eigenvalue weighted by atomic mass is 10.2. The highest BCUT2D eigenvalue weighted by molar-refractivity contribution is 5.57. The van der Waals surface area contributed by atoms with E-state index in [1.165, 1.54) is 17.7 Å². The van der Waals surface area contributed by atoms with Gasteiger partial charge in [0.25, 0.3) is 0 Å². The van der Waals surface area contributed by atoms with E-state index in [-0.39, 0.29) is 11.4 Å². The zero-order valence-corrected chi connectivity index (χ0v) is 11.7. The van der Waals surface area contributed by atoms with Gasteiger partial charge in [0.15, 0.2) is 17.3 Å². The summed E-state index contributed by atoms with van der Waals surface area (Å²) in [7, 11) is 0. The van der Waals surface area contributed by atoms with Crippen LogP contribution in [0, 0.1) is 5.82 Å². The molecule has 0 saturated heterocycles. The van der Waals surface area contributed by atoms with Gasteiger partial charge in [0.05, 0.1) is 12.3 Å². The smallest absolute Gasteiger partial charge is 0.167 e. The van der Waals surface area contributed by atoms with Crippen molar-refractivity contribution in [3.63, 3.8) is 0 Å². The number of anilines is 1. The van der Waals surface area contributed by atoms with E-state index in [4.69, 9.17) is 15.2 Å². The lowest BCUT2D eigenvalue weighted by molar-refractivity contribution is 0.319. The molecule has 106 valence electrons. The summed E-state index contributed by atoms with van der Waals surface area (Å²) in [5, 5.41) is 0. The van der Waals surface area contributed by atoms with Gasteiger partial charge in [0.1, 0.15) is 5.75 Å². The van der Waals surface area contributed by atoms with Crippen LogP contribution in [0.3, 0.4) is 0 Å². The molecular weight excluding hydrogens is 257 g/mol. The Bertz CT molecular complexity index is 582. The van der Waals surface area contributed by atoms with E-state index in [0.29, 0.717) is 18.1 Å². The molecule has 2 aromatic carbocycles. The number of aryl methyl sites for hydroxylation is 1. The summed E-state index contributed by atoms with van der Waals surface area (Å²) in [6.07, 6.45) is 0.966. The summed E-state index contributed by atoms with van der Waals surface area (Å²) in [5.74, 6) is 0.696. The molecule has 0 aromatic heterocycles. The average Bonchev–Trinajstić information content (AvgIpc) is 2.45. The molecule has 2 rings (SSSR count). The van der Waals surface area contributed by atoms with Gasteiger partial charge < -0.3 is 15.2 Å². The number of ether oxygens (including phenoxy) is 2. The Morgan fingerprint density at radius 3 is 2.35 bits per heavy atom. The van der Waals surface area contributed by atoms with Gasteiger partial charge >= 0.3 is 0 Å². The fourth-order valence-electron chi connectivity index (χ4n) is 1.82. The maximum absolute atomic E-state index is 13.6. The number of benzene rings is 2. The van der Waals surface area contributed by atoms with E-state index in [1.54, 1.807) is 6.92 Å². The zero-order chi connectivity index (χ0) is 14.5. The second kappa shape index (κ2) is 6.28. The van der Waals surface area contributed by atoms with Gasteiger partial charge in [0, 0.05) is 12.1 Å². The number of hydrogen-bond donors (Lipinski definition) is 1. The van der Waals surface area contributed by atoms with E-state index >= 15 is 0 Å². The maximum Gasteiger partial charge on any atom is 0.167 e. The molecule has 2 N–H and O–H groups in total. The molecule has 0 atom stereocenters. The first-order valence-electron chi connectivity index (χ1n) is 6.62. The molecule has 0 amide bonds. The summed E-state index contributed by atoms with van der Waals surface area (Å²) >= 11 is 0. The molecule has 0 aliphatic heterocycles. The summed E-state index contributed by atoms with van der Waals surface area (Å²) in [5.41, 5.74) is 7.23. The van der Waals surface area contributed by atoms with Gasteiger partial charge in [-0.25, -0.2) is 4.39 Å². The average molecular weight is 275 g/mol. The predicted octanol–water partition coefficient (Wildman–Crippen LogP) is 4.16. The Kier molecular flexibility index (Phi) is 4.45. The SMILES string of the molecule is CCOc1cc(Oc2ccc(CC)cc2)c(N)cc1F. The Morgan fingerprint density at radius 2 is 1.75 bits per heavy atom. The monoisotopic (exact) mass is 275 g/mol. The van der Waals surface area contributed by atoms with Gasteiger partial charge in [-0.3, -0.25) is 0 Å². The largest absolute Gasteiger partial charge is 0.491 e. The van der Waals surface area contributed by atoms with E-state index in [1.807, 2.05) is 24.3 Å². The van der Waals surface area contributed by atoms with Crippen LogP contribution >= 0.6 is 0 Å². The van der Waals surface area contributed by atoms with Crippen molar-refractivity contribution >= 4 is 5.69 Å². The second-order valence-electron chi connectivity index (χ2n) is 4.35. The molecule has 2 aromatic rings. The first-order chi connectivity index (χ1) is 9.63. The number of halogens is 1. The predicted molar refractivity (Wildman–Crippen MR) is 77.9 cm³/mol. The van der Waals surface area contributed by atoms with Gasteiger partial charge in [-0.15, -0.1) is 0 Å². The number of nitrogens with two attached hydrogens (primary N) is 1. The highest BCUT2D eigenvalue weighted by atomic mass is 19.1. The highest BCUT2D eigenvalue weighted by Gasteiger charge is 2.10. The highest BCUT2D eigenvalue weighted by Crippen LogP contribution is 2.33. The standard InChI is InChI=1S/C16H18FNO2/c1-3-11-5-7-12(8-6-11)20-16-10-15(19-4-2)13(17)9-14(16)18/h5-10H,3-4,18H2,1-2H3. The van der Waals surface area contributed by atoms with Crippen molar-refractivity contribution < 1.29 is 13.9 Å². The molecule has 0 unspecified atom stereocenters. The van der Waals surface area contributed by atoms with Crippen molar-refractivity contribution in [2.45, 2.75) is 20.3 Å². The fraction of sp³-hybridized carbons (Fsp3) is 0.250. The summed E-state index contributed by atoms with van der Waals surface area (Å²) < 4.78 is 24.5. The molecule has 0 bridgehead atoms. The van der Waals surface area contributed by atoms with Gasteiger partial charge in [-0.05, 0) is 31.0 Å². The normalized spacial score (nSPS) is 10.3. The van der Waals surface area contributed by atoms with Gasteiger partial charge in [0.2, 0.25) is 0 Å². The fourth-order valence-corrected chi connectivity index (χ4v) is 1.82. The Labute approximate surface area is 118 Å². The topological polar surface area (TPSA) is 44.5 Å². The van der Waals surface area contributed by atoms with Crippen LogP contribution in [0.15, 0.2) is 36.4 Å². The van der Waals surface area contributed by atoms with Crippen LogP contribution in [0.1, 0.15) is 19.4 Å². The van der Waals surface area contributed by atoms with Crippen LogP contribution in [0.5, 0.6) is 17.2 Å². The molecule has 4 heteroatoms. The Hall–Kier alpha value is -2.23. The lowest BCUT2D eigenvalue weighted by Crippen LogP contribution is -1.99. The summed E-state index contributed by atoms with van der Waals surface area (Å²) in [4.78, 5) is 0. The number of rotatable bonds is 5. The third-order valence-electron chi connectivity index (χ3n) is 2.92. The van der Waals surface area contributed by atoms with Crippen molar-refractivity contribution in [2.75, 3.05) is 12.3 Å². The summed E-state index contributed by atoms with van der Waals surface area (Å²) in [6.45, 7) is 4.26. The first kappa shape index (κ1) is 14.2. The quantitative estimate of drug-likeness (QED) is 0.833. The zero-order valence-electron chi connectivity index (χ0n) is 11.7. The molecule has 20 heavy (non-hydrogen) atoms. The minimum atomic E-state index is -0.488. The van der Waals surface area contributed by atoms with Crippen molar-refractivity contribution in [2.24, 2.45) is 0 Å². The van der Waals surface area contributed by atoms with Crippen LogP contribution in [-0.2, 0) is 6.42 Å². The van der Waals surface area contributed by atoms with Gasteiger partial charge in [-0.1, -0.05) is 19.1 Å². The van der Waals surface area contributed by atoms with E-state index in [9.17, 15) is 4.39 Å². The van der Waals surface area contributed by atoms with E-state index in [0.717, 1.165) is 6.42 Å². The Balaban J connectivity index is 2.25. The minimum absolute atomic E-state index is 0.141. The maximum atomic E-state index is 13.6. The van der Waals surface area contributed by atoms with Crippen LogP contribution < -0.4 is 15.2 Å². The molecule has 0 aliphatic rings. The minimum Gasteiger partial charge on any atom is -0.491 e. The molecule has 0 spiro atoms. The third kappa shape index (κ3) is 3.20. The Morgan fingerprint density at radius 1 is 1.05 bits per heavy atom. The molecule has 0 heterocycles. The molecule has 3 nitrogen and oxygen atoms in total. The van der Waals surface area contributed by atoms with Crippen molar-refractivity contribution in [3.8, 4) is 17.2 Å². The lowest BCUT2D eigenvalue weighted by Gasteiger charge is -2.12. The van der Waals surface area contributed by atoms with Crippen LogP contribution in [0.2, 0.25) is 0 Å². The number of nitrogen functional groups attached to an aromatic ring is 1. The van der Waals surface area contributed by atoms with Crippen LogP contribution in [-0.4, -0.2) is 6.61 Å². The van der Waals surface area contributed by atoms with Crippen molar-refractivity contribution in [3.05, 3.63) is 47.8 Å². The van der Waals surface area contributed by atoms with E-state index < -0.39 is 5.82 Å². The van der Waals surface area contributed by atoms with E-state index in [2.05, 4.69) is 6.92 Å². The van der Waals surface area contributed by atoms with Crippen molar-refractivity contribution in [1.29, 1.82) is 0 Å². The summed E-state index contributed by atoms with van der Waals surface area (Å²) in [6, 6.07) is 10.4. The third-order valence-corrected chi connectivity index (χ3v) is 2.92. The molecule has 0 radical (unpaired) electrons. The second-order valence-corrected chi connectivity index (χ2v) is 4.35. The first-order valence-corrected chi connectivity index (χ1v) is 6.62. The molecule has 0 fully saturated rings. The van der Waals surface area contributed by atoms with Crippen LogP contribution in [0.25, 0.3) is 0 Å². The molecular formula is C16H18FNO2. The molecule has 0 saturated carbocycles.